The highest BCUT2D eigenvalue weighted by Crippen LogP contribution is 2.28. The molecule has 1 unspecified atom stereocenters. The van der Waals surface area contributed by atoms with Gasteiger partial charge in [0.1, 0.15) is 23.1 Å². The Labute approximate surface area is 226 Å². The first kappa shape index (κ1) is 27.5. The van der Waals surface area contributed by atoms with Crippen LogP contribution in [0.25, 0.3) is 0 Å². The van der Waals surface area contributed by atoms with E-state index in [-0.39, 0.29) is 18.7 Å². The van der Waals surface area contributed by atoms with E-state index in [4.69, 9.17) is 14.2 Å². The van der Waals surface area contributed by atoms with Crippen LogP contribution >= 0.6 is 22.6 Å². The Morgan fingerprint density at radius 1 is 0.917 bits per heavy atom. The Kier molecular flexibility index (Phi) is 9.37. The molecule has 190 valence electrons. The topological polar surface area (TPSA) is 65.1 Å². The normalized spacial score (nSPS) is 11.9. The minimum Gasteiger partial charge on any atom is -0.497 e. The molecule has 0 saturated heterocycles. The smallest absolute Gasteiger partial charge is 0.411 e. The number of hydrogen-bond acceptors (Lipinski definition) is 5. The molecule has 0 aliphatic rings. The van der Waals surface area contributed by atoms with Crippen LogP contribution in [0.1, 0.15) is 42.3 Å². The van der Waals surface area contributed by atoms with E-state index in [1.165, 1.54) is 4.90 Å². The molecule has 0 saturated carbocycles. The summed E-state index contributed by atoms with van der Waals surface area (Å²) in [4.78, 5) is 29.1. The number of nitrogens with zero attached hydrogens (tertiary/aromatic N) is 1. The number of methoxy groups -OCH3 is 2. The van der Waals surface area contributed by atoms with Gasteiger partial charge in [0.15, 0.2) is 5.78 Å². The van der Waals surface area contributed by atoms with Crippen molar-refractivity contribution < 1.29 is 23.8 Å². The molecule has 0 aliphatic heterocycles. The highest BCUT2D eigenvalue weighted by Gasteiger charge is 2.34. The van der Waals surface area contributed by atoms with Crippen molar-refractivity contribution in [1.29, 1.82) is 0 Å². The Bertz CT molecular complexity index is 1190. The lowest BCUT2D eigenvalue weighted by Gasteiger charge is -2.33. The number of carbonyl (C=O) groups excluding carboxylic acids is 2. The van der Waals surface area contributed by atoms with Crippen LogP contribution in [0, 0.1) is 3.57 Å². The first-order valence-corrected chi connectivity index (χ1v) is 12.7. The van der Waals surface area contributed by atoms with Gasteiger partial charge in [0.2, 0.25) is 0 Å². The Morgan fingerprint density at radius 2 is 1.61 bits per heavy atom. The fraction of sp³-hybridized carbons (Fsp3) is 0.310. The number of ether oxygens (including phenoxy) is 3. The fourth-order valence-electron chi connectivity index (χ4n) is 3.80. The molecule has 0 aromatic heterocycles. The number of carbonyl (C=O) groups is 2. The molecule has 3 rings (SSSR count). The standard InChI is InChI=1S/C29H32INO5/c1-29(2,3)36-28(33)31(19-20-11-7-6-8-12-20)24(18-21-13-10-16-25(35-5)26(21)30)27(32)22-14-9-15-23(17-22)34-4/h6-17,24H,18-19H2,1-5H3. The van der Waals surface area contributed by atoms with Crippen LogP contribution in [0.3, 0.4) is 0 Å². The van der Waals surface area contributed by atoms with Gasteiger partial charge in [0.05, 0.1) is 17.8 Å². The van der Waals surface area contributed by atoms with Gasteiger partial charge in [0, 0.05) is 18.5 Å². The summed E-state index contributed by atoms with van der Waals surface area (Å²) in [7, 11) is 3.17. The lowest BCUT2D eigenvalue weighted by molar-refractivity contribution is 0.0140. The molecule has 0 heterocycles. The highest BCUT2D eigenvalue weighted by atomic mass is 127. The van der Waals surface area contributed by atoms with Crippen LogP contribution in [0.4, 0.5) is 4.79 Å². The Balaban J connectivity index is 2.11. The second-order valence-electron chi connectivity index (χ2n) is 9.34. The van der Waals surface area contributed by atoms with Crippen molar-refractivity contribution in [2.45, 2.75) is 45.4 Å². The molecule has 0 bridgehead atoms. The molecule has 1 atom stereocenters. The van der Waals surface area contributed by atoms with Gasteiger partial charge in [-0.05, 0) is 72.7 Å². The summed E-state index contributed by atoms with van der Waals surface area (Å²) < 4.78 is 17.5. The Hall–Kier alpha value is -3.07. The van der Waals surface area contributed by atoms with Crippen LogP contribution in [0.15, 0.2) is 72.8 Å². The summed E-state index contributed by atoms with van der Waals surface area (Å²) in [6.07, 6.45) is -0.261. The van der Waals surface area contributed by atoms with Crippen molar-refractivity contribution in [2.24, 2.45) is 0 Å². The molecule has 0 N–H and O–H groups in total. The number of ketones is 1. The molecule has 0 aliphatic carbocycles. The maximum Gasteiger partial charge on any atom is 0.411 e. The fourth-order valence-corrected chi connectivity index (χ4v) is 4.60. The van der Waals surface area contributed by atoms with Crippen molar-refractivity contribution in [3.05, 3.63) is 93.1 Å². The van der Waals surface area contributed by atoms with Crippen molar-refractivity contribution in [1.82, 2.24) is 4.90 Å². The zero-order valence-corrected chi connectivity index (χ0v) is 23.4. The Morgan fingerprint density at radius 3 is 2.25 bits per heavy atom. The summed E-state index contributed by atoms with van der Waals surface area (Å²) in [5.41, 5.74) is 1.53. The van der Waals surface area contributed by atoms with Gasteiger partial charge in [-0.1, -0.05) is 54.6 Å². The molecule has 0 fully saturated rings. The number of benzene rings is 3. The minimum atomic E-state index is -0.826. The SMILES string of the molecule is COc1cccc(C(=O)C(Cc2cccc(OC)c2I)N(Cc2ccccc2)C(=O)OC(C)(C)C)c1. The van der Waals surface area contributed by atoms with Gasteiger partial charge in [0.25, 0.3) is 0 Å². The molecule has 7 heteroatoms. The molecule has 3 aromatic carbocycles. The zero-order valence-electron chi connectivity index (χ0n) is 21.3. The maximum atomic E-state index is 14.0. The molecule has 1 amide bonds. The van der Waals surface area contributed by atoms with Gasteiger partial charge in [-0.25, -0.2) is 4.79 Å². The minimum absolute atomic E-state index is 0.200. The monoisotopic (exact) mass is 601 g/mol. The van der Waals surface area contributed by atoms with E-state index in [2.05, 4.69) is 22.6 Å². The van der Waals surface area contributed by atoms with Gasteiger partial charge >= 0.3 is 6.09 Å². The van der Waals surface area contributed by atoms with Crippen molar-refractivity contribution in [2.75, 3.05) is 14.2 Å². The van der Waals surface area contributed by atoms with Crippen molar-refractivity contribution in [3.8, 4) is 11.5 Å². The molecular formula is C29H32INO5. The molecule has 36 heavy (non-hydrogen) atoms. The predicted molar refractivity (Wildman–Crippen MR) is 149 cm³/mol. The van der Waals surface area contributed by atoms with E-state index >= 15 is 0 Å². The van der Waals surface area contributed by atoms with Crippen LogP contribution in [0.5, 0.6) is 11.5 Å². The average molecular weight is 601 g/mol. The molecule has 0 spiro atoms. The van der Waals surface area contributed by atoms with E-state index < -0.39 is 17.7 Å². The molecule has 0 radical (unpaired) electrons. The maximum absolute atomic E-state index is 14.0. The van der Waals surface area contributed by atoms with Crippen LogP contribution < -0.4 is 9.47 Å². The van der Waals surface area contributed by atoms with Crippen molar-refractivity contribution >= 4 is 34.5 Å². The van der Waals surface area contributed by atoms with Crippen molar-refractivity contribution in [3.63, 3.8) is 0 Å². The van der Waals surface area contributed by atoms with E-state index in [1.807, 2.05) is 69.3 Å². The molecule has 3 aromatic rings. The quantitative estimate of drug-likeness (QED) is 0.206. The van der Waals surface area contributed by atoms with Crippen LogP contribution in [0.2, 0.25) is 0 Å². The van der Waals surface area contributed by atoms with Gasteiger partial charge in [-0.3, -0.25) is 9.69 Å². The number of Topliss-reactive ketones (excluding diaryl/α,β-unsaturated/α-hetero) is 1. The molecule has 6 nitrogen and oxygen atoms in total. The van der Waals surface area contributed by atoms with E-state index in [0.29, 0.717) is 17.1 Å². The summed E-state index contributed by atoms with van der Waals surface area (Å²) >= 11 is 2.22. The first-order valence-electron chi connectivity index (χ1n) is 11.7. The second-order valence-corrected chi connectivity index (χ2v) is 10.4. The van der Waals surface area contributed by atoms with Crippen LogP contribution in [-0.4, -0.2) is 42.6 Å². The third-order valence-electron chi connectivity index (χ3n) is 5.53. The first-order chi connectivity index (χ1) is 17.1. The number of halogens is 1. The lowest BCUT2D eigenvalue weighted by atomic mass is 9.95. The highest BCUT2D eigenvalue weighted by molar-refractivity contribution is 14.1. The largest absolute Gasteiger partial charge is 0.497 e. The average Bonchev–Trinajstić information content (AvgIpc) is 2.86. The van der Waals surface area contributed by atoms with Gasteiger partial charge in [-0.2, -0.15) is 0 Å². The summed E-state index contributed by atoms with van der Waals surface area (Å²) in [6, 6.07) is 21.5. The summed E-state index contributed by atoms with van der Waals surface area (Å²) in [6.45, 7) is 5.66. The molecular weight excluding hydrogens is 569 g/mol. The van der Waals surface area contributed by atoms with E-state index in [0.717, 1.165) is 14.7 Å². The van der Waals surface area contributed by atoms with Crippen LogP contribution in [-0.2, 0) is 17.7 Å². The summed E-state index contributed by atoms with van der Waals surface area (Å²) in [5, 5.41) is 0. The predicted octanol–water partition coefficient (Wildman–Crippen LogP) is 6.54. The number of amides is 1. The lowest BCUT2D eigenvalue weighted by Crippen LogP contribution is -2.48. The van der Waals surface area contributed by atoms with E-state index in [9.17, 15) is 9.59 Å². The third-order valence-corrected chi connectivity index (χ3v) is 6.76. The van der Waals surface area contributed by atoms with E-state index in [1.54, 1.807) is 38.5 Å². The van der Waals surface area contributed by atoms with Gasteiger partial charge < -0.3 is 14.2 Å². The third kappa shape index (κ3) is 7.22. The number of rotatable bonds is 9. The summed E-state index contributed by atoms with van der Waals surface area (Å²) in [5.74, 6) is 1.09. The zero-order chi connectivity index (χ0) is 26.3. The number of hydrogen-bond donors (Lipinski definition) is 0. The van der Waals surface area contributed by atoms with Gasteiger partial charge in [-0.15, -0.1) is 0 Å². The second kappa shape index (κ2) is 12.3.